The van der Waals surface area contributed by atoms with Crippen LogP contribution in [0.25, 0.3) is 0 Å². The molecule has 0 aromatic heterocycles. The highest BCUT2D eigenvalue weighted by molar-refractivity contribution is 5.92. The van der Waals surface area contributed by atoms with Gasteiger partial charge in [-0.2, -0.15) is 0 Å². The van der Waals surface area contributed by atoms with Crippen molar-refractivity contribution >= 4 is 11.9 Å². The monoisotopic (exact) mass is 257 g/mol. The molecule has 0 fully saturated rings. The van der Waals surface area contributed by atoms with Gasteiger partial charge in [-0.3, -0.25) is 4.79 Å². The number of carbonyl (C=O) groups excluding carboxylic acids is 1. The smallest absolute Gasteiger partial charge is 0.341 e. The molecule has 1 atom stereocenters. The Morgan fingerprint density at radius 3 is 2.61 bits per heavy atom. The van der Waals surface area contributed by atoms with Crippen molar-refractivity contribution in [2.24, 2.45) is 5.73 Å². The molecule has 18 heavy (non-hydrogen) atoms. The molecule has 0 aliphatic carbocycles. The van der Waals surface area contributed by atoms with Crippen LogP contribution in [0.5, 0.6) is 5.75 Å². The van der Waals surface area contributed by atoms with Gasteiger partial charge < -0.3 is 20.7 Å². The van der Waals surface area contributed by atoms with Crippen molar-refractivity contribution in [1.82, 2.24) is 0 Å². The number of phenolic OH excluding ortho intramolecular Hbond substituents is 1. The van der Waals surface area contributed by atoms with Gasteiger partial charge in [0.05, 0.1) is 13.5 Å². The number of methoxy groups -OCH3 is 1. The van der Waals surface area contributed by atoms with Crippen molar-refractivity contribution < 1.29 is 28.9 Å². The van der Waals surface area contributed by atoms with E-state index in [0.29, 0.717) is 0 Å². The van der Waals surface area contributed by atoms with Crippen LogP contribution < -0.4 is 5.73 Å². The molecule has 0 aliphatic rings. The largest absolute Gasteiger partial charge is 0.504 e. The van der Waals surface area contributed by atoms with Crippen LogP contribution in [0, 0.1) is 5.82 Å². The van der Waals surface area contributed by atoms with E-state index in [1.165, 1.54) is 0 Å². The molecule has 6 nitrogen and oxygen atoms in total. The van der Waals surface area contributed by atoms with Gasteiger partial charge in [0, 0.05) is 6.04 Å². The number of nitrogens with two attached hydrogens (primary N) is 1. The zero-order chi connectivity index (χ0) is 13.9. The molecule has 1 aromatic carbocycles. The van der Waals surface area contributed by atoms with E-state index in [0.717, 1.165) is 19.2 Å². The summed E-state index contributed by atoms with van der Waals surface area (Å²) in [6.45, 7) is 0. The Balaban J connectivity index is 3.19. The number of hydrogen-bond donors (Lipinski definition) is 3. The van der Waals surface area contributed by atoms with Crippen molar-refractivity contribution in [3.63, 3.8) is 0 Å². The molecule has 0 heterocycles. The topological polar surface area (TPSA) is 110 Å². The second-order valence-corrected chi connectivity index (χ2v) is 3.59. The summed E-state index contributed by atoms with van der Waals surface area (Å²) in [7, 11) is 1.07. The molecule has 98 valence electrons. The van der Waals surface area contributed by atoms with Crippen LogP contribution in [0.4, 0.5) is 4.39 Å². The quantitative estimate of drug-likeness (QED) is 0.688. The SMILES string of the molecule is COC(=O)c1cc(C(N)CC(=O)O)cc(F)c1O. The Hall–Kier alpha value is -2.15. The third-order valence-electron chi connectivity index (χ3n) is 2.31. The van der Waals surface area contributed by atoms with E-state index < -0.39 is 41.5 Å². The van der Waals surface area contributed by atoms with Crippen LogP contribution in [0.2, 0.25) is 0 Å². The van der Waals surface area contributed by atoms with Gasteiger partial charge in [-0.05, 0) is 17.7 Å². The minimum atomic E-state index is -1.16. The van der Waals surface area contributed by atoms with Gasteiger partial charge in [-0.25, -0.2) is 9.18 Å². The zero-order valence-corrected chi connectivity index (χ0v) is 9.51. The fourth-order valence-electron chi connectivity index (χ4n) is 1.41. The summed E-state index contributed by atoms with van der Waals surface area (Å²) >= 11 is 0. The van der Waals surface area contributed by atoms with Crippen molar-refractivity contribution in [2.45, 2.75) is 12.5 Å². The number of rotatable bonds is 4. The minimum absolute atomic E-state index is 0.0908. The van der Waals surface area contributed by atoms with E-state index in [1.54, 1.807) is 0 Å². The van der Waals surface area contributed by atoms with Crippen LogP contribution >= 0.6 is 0 Å². The maximum Gasteiger partial charge on any atom is 0.341 e. The molecular weight excluding hydrogens is 245 g/mol. The first-order valence-electron chi connectivity index (χ1n) is 4.95. The molecular formula is C11H12FNO5. The van der Waals surface area contributed by atoms with E-state index >= 15 is 0 Å². The predicted octanol–water partition coefficient (Wildman–Crippen LogP) is 0.792. The fraction of sp³-hybridized carbons (Fsp3) is 0.273. The van der Waals surface area contributed by atoms with Crippen molar-refractivity contribution in [3.8, 4) is 5.75 Å². The number of carboxylic acid groups (broad SMARTS) is 1. The van der Waals surface area contributed by atoms with Gasteiger partial charge in [0.15, 0.2) is 11.6 Å². The summed E-state index contributed by atoms with van der Waals surface area (Å²) in [4.78, 5) is 21.8. The van der Waals surface area contributed by atoms with Crippen LogP contribution in [0.15, 0.2) is 12.1 Å². The first kappa shape index (κ1) is 13.9. The summed E-state index contributed by atoms with van der Waals surface area (Å²) in [6.07, 6.45) is -0.426. The van der Waals surface area contributed by atoms with E-state index in [9.17, 15) is 19.1 Å². The number of ether oxygens (including phenoxy) is 1. The Labute approximate surface area is 102 Å². The molecule has 7 heteroatoms. The molecule has 0 radical (unpaired) electrons. The average Bonchev–Trinajstić information content (AvgIpc) is 2.30. The van der Waals surface area contributed by atoms with Crippen LogP contribution in [-0.2, 0) is 9.53 Å². The number of phenols is 1. The van der Waals surface area contributed by atoms with Gasteiger partial charge in [0.1, 0.15) is 5.56 Å². The van der Waals surface area contributed by atoms with Gasteiger partial charge in [0.2, 0.25) is 0 Å². The first-order chi connectivity index (χ1) is 8.36. The summed E-state index contributed by atoms with van der Waals surface area (Å²) in [5, 5.41) is 17.9. The lowest BCUT2D eigenvalue weighted by molar-refractivity contribution is -0.137. The number of esters is 1. The molecule has 1 aromatic rings. The Morgan fingerprint density at radius 1 is 1.50 bits per heavy atom. The molecule has 0 bridgehead atoms. The minimum Gasteiger partial charge on any atom is -0.504 e. The number of aromatic hydroxyl groups is 1. The van der Waals surface area contributed by atoms with Crippen molar-refractivity contribution in [1.29, 1.82) is 0 Å². The lowest BCUT2D eigenvalue weighted by atomic mass is 10.0. The number of aliphatic carboxylic acids is 1. The normalized spacial score (nSPS) is 11.9. The lowest BCUT2D eigenvalue weighted by Crippen LogP contribution is -2.16. The Morgan fingerprint density at radius 2 is 2.11 bits per heavy atom. The average molecular weight is 257 g/mol. The standard InChI is InChI=1S/C11H12FNO5/c1-18-11(17)6-2-5(3-7(12)10(6)16)8(13)4-9(14)15/h2-3,8,16H,4,13H2,1H3,(H,14,15). The molecule has 4 N–H and O–H groups in total. The highest BCUT2D eigenvalue weighted by Gasteiger charge is 2.20. The second kappa shape index (κ2) is 5.46. The number of carbonyl (C=O) groups is 2. The second-order valence-electron chi connectivity index (χ2n) is 3.59. The third kappa shape index (κ3) is 2.95. The van der Waals surface area contributed by atoms with Crippen LogP contribution in [-0.4, -0.2) is 29.3 Å². The summed E-state index contributed by atoms with van der Waals surface area (Å²) < 4.78 is 17.7. The predicted molar refractivity (Wildman–Crippen MR) is 58.6 cm³/mol. The summed E-state index contributed by atoms with van der Waals surface area (Å²) in [5.74, 6) is -4.01. The van der Waals surface area contributed by atoms with Crippen molar-refractivity contribution in [2.75, 3.05) is 7.11 Å². The summed E-state index contributed by atoms with van der Waals surface area (Å²) in [5.41, 5.74) is 5.24. The maximum absolute atomic E-state index is 13.4. The third-order valence-corrected chi connectivity index (χ3v) is 2.31. The fourth-order valence-corrected chi connectivity index (χ4v) is 1.41. The molecule has 0 saturated heterocycles. The van der Waals surface area contributed by atoms with Gasteiger partial charge in [-0.1, -0.05) is 0 Å². The van der Waals surface area contributed by atoms with Gasteiger partial charge in [0.25, 0.3) is 0 Å². The van der Waals surface area contributed by atoms with Crippen molar-refractivity contribution in [3.05, 3.63) is 29.1 Å². The molecule has 1 rings (SSSR count). The first-order valence-corrected chi connectivity index (χ1v) is 4.95. The molecule has 0 aliphatic heterocycles. The van der Waals surface area contributed by atoms with E-state index in [4.69, 9.17) is 10.8 Å². The van der Waals surface area contributed by atoms with E-state index in [2.05, 4.69) is 4.74 Å². The number of carboxylic acids is 1. The molecule has 0 amide bonds. The van der Waals surface area contributed by atoms with Gasteiger partial charge >= 0.3 is 11.9 Å². The van der Waals surface area contributed by atoms with Crippen LogP contribution in [0.3, 0.4) is 0 Å². The molecule has 1 unspecified atom stereocenters. The Kier molecular flexibility index (Phi) is 4.22. The van der Waals surface area contributed by atoms with E-state index in [-0.39, 0.29) is 5.56 Å². The summed E-state index contributed by atoms with van der Waals surface area (Å²) in [6, 6.07) is 1.01. The van der Waals surface area contributed by atoms with E-state index in [1.807, 2.05) is 0 Å². The Bertz CT molecular complexity index is 489. The van der Waals surface area contributed by atoms with Gasteiger partial charge in [-0.15, -0.1) is 0 Å². The molecule has 0 saturated carbocycles. The van der Waals surface area contributed by atoms with Crippen LogP contribution in [0.1, 0.15) is 28.4 Å². The molecule has 0 spiro atoms. The maximum atomic E-state index is 13.4. The number of hydrogen-bond acceptors (Lipinski definition) is 5. The zero-order valence-electron chi connectivity index (χ0n) is 9.51. The lowest BCUT2D eigenvalue weighted by Gasteiger charge is -2.12. The highest BCUT2D eigenvalue weighted by Crippen LogP contribution is 2.27. The highest BCUT2D eigenvalue weighted by atomic mass is 19.1. The number of benzene rings is 1. The number of halogens is 1.